The number of hydrogen-bond donors (Lipinski definition) is 1. The molecule has 0 spiro atoms. The van der Waals surface area contributed by atoms with E-state index in [9.17, 15) is 0 Å². The molecule has 0 saturated carbocycles. The Bertz CT molecular complexity index is 113. The molecular weight excluding hydrogens is 138 g/mol. The first-order valence-corrected chi connectivity index (χ1v) is 4.44. The van der Waals surface area contributed by atoms with E-state index in [2.05, 4.69) is 26.1 Å². The Balaban J connectivity index is 1.87. The van der Waals surface area contributed by atoms with Crippen LogP contribution in [0.2, 0.25) is 0 Å². The van der Waals surface area contributed by atoms with E-state index in [4.69, 9.17) is 4.74 Å². The van der Waals surface area contributed by atoms with Gasteiger partial charge < -0.3 is 10.1 Å². The highest BCUT2D eigenvalue weighted by molar-refractivity contribution is 4.72. The topological polar surface area (TPSA) is 24.6 Å². The minimum Gasteiger partial charge on any atom is -0.373 e. The zero-order valence-corrected chi connectivity index (χ0v) is 7.81. The Morgan fingerprint density at radius 3 is 2.55 bits per heavy atom. The van der Waals surface area contributed by atoms with Crippen LogP contribution in [0.5, 0.6) is 0 Å². The van der Waals surface area contributed by atoms with Gasteiger partial charge in [0.1, 0.15) is 0 Å². The molecule has 1 unspecified atom stereocenters. The molecule has 2 nitrogen and oxygen atoms in total. The molecule has 2 heteroatoms. The third-order valence-corrected chi connectivity index (χ3v) is 1.76. The van der Waals surface area contributed by atoms with Gasteiger partial charge in [-0.3, -0.25) is 0 Å². The highest BCUT2D eigenvalue weighted by Gasteiger charge is 2.21. The van der Waals surface area contributed by atoms with E-state index in [0.717, 1.165) is 13.2 Å². The summed E-state index contributed by atoms with van der Waals surface area (Å²) in [7, 11) is 0. The molecule has 0 bridgehead atoms. The van der Waals surface area contributed by atoms with Gasteiger partial charge in [-0.15, -0.1) is 0 Å². The highest BCUT2D eigenvalue weighted by atomic mass is 16.6. The molecule has 1 N–H and O–H groups in total. The highest BCUT2D eigenvalue weighted by Crippen LogP contribution is 2.14. The van der Waals surface area contributed by atoms with Crippen LogP contribution in [0.4, 0.5) is 0 Å². The Morgan fingerprint density at radius 1 is 1.45 bits per heavy atom. The molecule has 1 aliphatic heterocycles. The minimum atomic E-state index is 0.268. The SMILES string of the molecule is CC(C)(C)NCCCC1CO1. The largest absolute Gasteiger partial charge is 0.373 e. The summed E-state index contributed by atoms with van der Waals surface area (Å²) in [6.07, 6.45) is 3.06. The molecule has 0 aliphatic carbocycles. The number of epoxide rings is 1. The fraction of sp³-hybridized carbons (Fsp3) is 1.00. The second kappa shape index (κ2) is 3.55. The molecule has 0 aromatic heterocycles. The van der Waals surface area contributed by atoms with Crippen molar-refractivity contribution in [1.29, 1.82) is 0 Å². The van der Waals surface area contributed by atoms with E-state index < -0.39 is 0 Å². The fourth-order valence-corrected chi connectivity index (χ4v) is 1.03. The van der Waals surface area contributed by atoms with Gasteiger partial charge in [0, 0.05) is 5.54 Å². The monoisotopic (exact) mass is 157 g/mol. The van der Waals surface area contributed by atoms with Gasteiger partial charge in [0.15, 0.2) is 0 Å². The number of ether oxygens (including phenoxy) is 1. The van der Waals surface area contributed by atoms with Crippen molar-refractivity contribution in [1.82, 2.24) is 5.32 Å². The molecule has 1 heterocycles. The second-order valence-corrected chi connectivity index (χ2v) is 4.27. The third kappa shape index (κ3) is 5.22. The lowest BCUT2D eigenvalue weighted by Crippen LogP contribution is -2.36. The average molecular weight is 157 g/mol. The Labute approximate surface area is 69.3 Å². The van der Waals surface area contributed by atoms with Crippen LogP contribution in [-0.2, 0) is 4.74 Å². The molecule has 0 aromatic carbocycles. The van der Waals surface area contributed by atoms with Crippen molar-refractivity contribution in [2.24, 2.45) is 0 Å². The van der Waals surface area contributed by atoms with Crippen molar-refractivity contribution < 1.29 is 4.74 Å². The molecule has 1 atom stereocenters. The van der Waals surface area contributed by atoms with E-state index in [1.54, 1.807) is 0 Å². The lowest BCUT2D eigenvalue weighted by atomic mass is 10.1. The predicted octanol–water partition coefficient (Wildman–Crippen LogP) is 1.55. The lowest BCUT2D eigenvalue weighted by Gasteiger charge is -2.20. The fourth-order valence-electron chi connectivity index (χ4n) is 1.03. The second-order valence-electron chi connectivity index (χ2n) is 4.27. The van der Waals surface area contributed by atoms with Gasteiger partial charge in [0.05, 0.1) is 12.7 Å². The van der Waals surface area contributed by atoms with Gasteiger partial charge >= 0.3 is 0 Å². The third-order valence-electron chi connectivity index (χ3n) is 1.76. The van der Waals surface area contributed by atoms with E-state index in [0.29, 0.717) is 6.10 Å². The maximum atomic E-state index is 5.11. The first kappa shape index (κ1) is 9.01. The van der Waals surface area contributed by atoms with Crippen molar-refractivity contribution in [2.75, 3.05) is 13.2 Å². The average Bonchev–Trinajstić information content (AvgIpc) is 2.60. The van der Waals surface area contributed by atoms with Crippen LogP contribution >= 0.6 is 0 Å². The lowest BCUT2D eigenvalue weighted by molar-refractivity contribution is 0.374. The molecule has 1 fully saturated rings. The van der Waals surface area contributed by atoms with Gasteiger partial charge in [0.25, 0.3) is 0 Å². The molecule has 0 aromatic rings. The summed E-state index contributed by atoms with van der Waals surface area (Å²) >= 11 is 0. The normalized spacial score (nSPS) is 23.7. The zero-order valence-electron chi connectivity index (χ0n) is 7.81. The van der Waals surface area contributed by atoms with Crippen molar-refractivity contribution in [3.05, 3.63) is 0 Å². The summed E-state index contributed by atoms with van der Waals surface area (Å²) < 4.78 is 5.11. The predicted molar refractivity (Wildman–Crippen MR) is 46.7 cm³/mol. The van der Waals surface area contributed by atoms with Gasteiger partial charge in [-0.25, -0.2) is 0 Å². The molecular formula is C9H19NO. The van der Waals surface area contributed by atoms with Crippen LogP contribution in [0.15, 0.2) is 0 Å². The van der Waals surface area contributed by atoms with E-state index >= 15 is 0 Å². The number of hydrogen-bond acceptors (Lipinski definition) is 2. The summed E-state index contributed by atoms with van der Waals surface area (Å²) in [5.74, 6) is 0. The van der Waals surface area contributed by atoms with Gasteiger partial charge in [-0.2, -0.15) is 0 Å². The van der Waals surface area contributed by atoms with Crippen LogP contribution in [0.1, 0.15) is 33.6 Å². The summed E-state index contributed by atoms with van der Waals surface area (Å²) in [6.45, 7) is 8.70. The summed E-state index contributed by atoms with van der Waals surface area (Å²) in [6, 6.07) is 0. The van der Waals surface area contributed by atoms with E-state index in [1.165, 1.54) is 12.8 Å². The molecule has 1 rings (SSSR count). The van der Waals surface area contributed by atoms with Crippen molar-refractivity contribution >= 4 is 0 Å². The van der Waals surface area contributed by atoms with Gasteiger partial charge in [-0.05, 0) is 40.2 Å². The molecule has 1 saturated heterocycles. The molecule has 1 aliphatic rings. The van der Waals surface area contributed by atoms with Crippen molar-refractivity contribution in [2.45, 2.75) is 45.3 Å². The Morgan fingerprint density at radius 2 is 2.09 bits per heavy atom. The van der Waals surface area contributed by atoms with Crippen LogP contribution < -0.4 is 5.32 Å². The van der Waals surface area contributed by atoms with Crippen molar-refractivity contribution in [3.63, 3.8) is 0 Å². The summed E-state index contributed by atoms with van der Waals surface area (Å²) in [5.41, 5.74) is 0.268. The Kier molecular flexibility index (Phi) is 2.90. The number of rotatable bonds is 4. The first-order chi connectivity index (χ1) is 5.08. The van der Waals surface area contributed by atoms with Crippen LogP contribution in [-0.4, -0.2) is 24.8 Å². The molecule has 66 valence electrons. The van der Waals surface area contributed by atoms with Gasteiger partial charge in [0.2, 0.25) is 0 Å². The number of nitrogens with one attached hydrogen (secondary N) is 1. The summed E-state index contributed by atoms with van der Waals surface area (Å²) in [5, 5.41) is 3.45. The van der Waals surface area contributed by atoms with Crippen molar-refractivity contribution in [3.8, 4) is 0 Å². The Hall–Kier alpha value is -0.0800. The standard InChI is InChI=1S/C9H19NO/c1-9(2,3)10-6-4-5-8-7-11-8/h8,10H,4-7H2,1-3H3. The smallest absolute Gasteiger partial charge is 0.0810 e. The zero-order chi connectivity index (χ0) is 8.32. The summed E-state index contributed by atoms with van der Waals surface area (Å²) in [4.78, 5) is 0. The minimum absolute atomic E-state index is 0.268. The van der Waals surface area contributed by atoms with Crippen LogP contribution in [0.25, 0.3) is 0 Å². The van der Waals surface area contributed by atoms with Crippen LogP contribution in [0.3, 0.4) is 0 Å². The molecule has 11 heavy (non-hydrogen) atoms. The maximum absolute atomic E-state index is 5.11. The van der Waals surface area contributed by atoms with Crippen LogP contribution in [0, 0.1) is 0 Å². The maximum Gasteiger partial charge on any atom is 0.0810 e. The first-order valence-electron chi connectivity index (χ1n) is 4.44. The van der Waals surface area contributed by atoms with E-state index in [-0.39, 0.29) is 5.54 Å². The van der Waals surface area contributed by atoms with E-state index in [1.807, 2.05) is 0 Å². The quantitative estimate of drug-likeness (QED) is 0.494. The molecule has 0 amide bonds. The van der Waals surface area contributed by atoms with Gasteiger partial charge in [-0.1, -0.05) is 0 Å². The molecule has 0 radical (unpaired) electrons.